The number of amides is 2. The molecule has 2 amide bonds. The zero-order valence-corrected chi connectivity index (χ0v) is 19.5. The molecule has 7 heteroatoms. The van der Waals surface area contributed by atoms with Crippen LogP contribution >= 0.6 is 0 Å². The molecule has 180 valence electrons. The number of rotatable bonds is 11. The molecular weight excluding hydrogens is 432 g/mol. The SMILES string of the molecule is CCCC(CNC(=O)OCC1c2ccccc2-c2ccccc21)C(=O)NC(CC(=O)O)C1CC1. The normalized spacial score (nSPS) is 16.1. The zero-order chi connectivity index (χ0) is 24.1. The number of aliphatic carboxylic acids is 1. The number of carbonyl (C=O) groups excluding carboxylic acids is 2. The molecule has 0 saturated heterocycles. The Morgan fingerprint density at radius 1 is 1.03 bits per heavy atom. The zero-order valence-electron chi connectivity index (χ0n) is 19.5. The summed E-state index contributed by atoms with van der Waals surface area (Å²) in [4.78, 5) is 36.5. The van der Waals surface area contributed by atoms with Crippen molar-refractivity contribution in [2.75, 3.05) is 13.2 Å². The highest BCUT2D eigenvalue weighted by atomic mass is 16.5. The van der Waals surface area contributed by atoms with Crippen LogP contribution in [0.25, 0.3) is 11.1 Å². The first-order chi connectivity index (χ1) is 16.5. The maximum atomic E-state index is 12.8. The van der Waals surface area contributed by atoms with Crippen LogP contribution in [0.4, 0.5) is 4.79 Å². The molecule has 1 fully saturated rings. The fourth-order valence-electron chi connectivity index (χ4n) is 4.85. The molecule has 4 rings (SSSR count). The number of carboxylic acids is 1. The lowest BCUT2D eigenvalue weighted by Crippen LogP contribution is -2.45. The van der Waals surface area contributed by atoms with E-state index in [0.717, 1.165) is 30.4 Å². The summed E-state index contributed by atoms with van der Waals surface area (Å²) in [6, 6.07) is 16.0. The molecule has 34 heavy (non-hydrogen) atoms. The number of alkyl carbamates (subject to hydrolysis) is 1. The molecule has 2 aliphatic rings. The molecule has 0 aliphatic heterocycles. The van der Waals surface area contributed by atoms with Gasteiger partial charge in [-0.25, -0.2) is 4.79 Å². The van der Waals surface area contributed by atoms with Gasteiger partial charge in [0.05, 0.1) is 12.3 Å². The minimum atomic E-state index is -0.916. The van der Waals surface area contributed by atoms with Crippen LogP contribution in [0.2, 0.25) is 0 Å². The van der Waals surface area contributed by atoms with E-state index in [1.54, 1.807) is 0 Å². The maximum Gasteiger partial charge on any atom is 0.407 e. The third-order valence-electron chi connectivity index (χ3n) is 6.76. The summed E-state index contributed by atoms with van der Waals surface area (Å²) in [6.07, 6.45) is 2.62. The molecular formula is C27H32N2O5. The molecule has 2 aliphatic carbocycles. The van der Waals surface area contributed by atoms with E-state index in [-0.39, 0.29) is 43.4 Å². The molecule has 2 atom stereocenters. The lowest BCUT2D eigenvalue weighted by Gasteiger charge is -2.22. The number of carbonyl (C=O) groups is 3. The van der Waals surface area contributed by atoms with E-state index in [1.165, 1.54) is 11.1 Å². The topological polar surface area (TPSA) is 105 Å². The van der Waals surface area contributed by atoms with Gasteiger partial charge in [0.1, 0.15) is 6.61 Å². The standard InChI is InChI=1S/C27H32N2O5/c1-2-7-18(26(32)29-24(14-25(30)31)17-12-13-17)15-28-27(33)34-16-23-21-10-5-3-8-19(21)20-9-4-6-11-22(20)23/h3-6,8-11,17-18,23-24H,2,7,12-16H2,1H3,(H,28,33)(H,29,32)(H,30,31). The first-order valence-electron chi connectivity index (χ1n) is 12.1. The molecule has 1 saturated carbocycles. The minimum absolute atomic E-state index is 0.0248. The van der Waals surface area contributed by atoms with Gasteiger partial charge in [-0.1, -0.05) is 61.9 Å². The average molecular weight is 465 g/mol. The van der Waals surface area contributed by atoms with Crippen molar-refractivity contribution in [2.45, 2.75) is 51.0 Å². The molecule has 0 radical (unpaired) electrons. The Kier molecular flexibility index (Phi) is 7.50. The van der Waals surface area contributed by atoms with E-state index < -0.39 is 18.0 Å². The Bertz CT molecular complexity index is 1000. The van der Waals surface area contributed by atoms with Crippen LogP contribution in [-0.2, 0) is 14.3 Å². The number of nitrogens with one attached hydrogen (secondary N) is 2. The second-order valence-corrected chi connectivity index (χ2v) is 9.24. The minimum Gasteiger partial charge on any atom is -0.481 e. The van der Waals surface area contributed by atoms with Crippen LogP contribution in [0.1, 0.15) is 56.1 Å². The van der Waals surface area contributed by atoms with Crippen molar-refractivity contribution < 1.29 is 24.2 Å². The highest BCUT2D eigenvalue weighted by Gasteiger charge is 2.35. The Hall–Kier alpha value is -3.35. The average Bonchev–Trinajstić information content (AvgIpc) is 3.63. The van der Waals surface area contributed by atoms with E-state index >= 15 is 0 Å². The van der Waals surface area contributed by atoms with Gasteiger partial charge in [0.2, 0.25) is 5.91 Å². The van der Waals surface area contributed by atoms with Crippen molar-refractivity contribution in [3.63, 3.8) is 0 Å². The number of fused-ring (bicyclic) bond motifs is 3. The summed E-state index contributed by atoms with van der Waals surface area (Å²) >= 11 is 0. The summed E-state index contributed by atoms with van der Waals surface area (Å²) in [5, 5.41) is 14.8. The molecule has 2 unspecified atom stereocenters. The van der Waals surface area contributed by atoms with Gasteiger partial charge in [-0.3, -0.25) is 9.59 Å². The van der Waals surface area contributed by atoms with E-state index in [0.29, 0.717) is 6.42 Å². The molecule has 2 aromatic rings. The van der Waals surface area contributed by atoms with Crippen molar-refractivity contribution in [1.82, 2.24) is 10.6 Å². The van der Waals surface area contributed by atoms with Crippen LogP contribution in [0.5, 0.6) is 0 Å². The Morgan fingerprint density at radius 2 is 1.65 bits per heavy atom. The van der Waals surface area contributed by atoms with Gasteiger partial charge in [0.25, 0.3) is 0 Å². The lowest BCUT2D eigenvalue weighted by atomic mass is 9.98. The van der Waals surface area contributed by atoms with Crippen LogP contribution in [0.15, 0.2) is 48.5 Å². The smallest absolute Gasteiger partial charge is 0.407 e. The predicted octanol–water partition coefficient (Wildman–Crippen LogP) is 4.31. The Morgan fingerprint density at radius 3 is 2.21 bits per heavy atom. The van der Waals surface area contributed by atoms with Crippen LogP contribution in [0, 0.1) is 11.8 Å². The van der Waals surface area contributed by atoms with Crippen LogP contribution < -0.4 is 10.6 Å². The molecule has 0 aromatic heterocycles. The molecule has 7 nitrogen and oxygen atoms in total. The molecule has 0 bridgehead atoms. The summed E-state index contributed by atoms with van der Waals surface area (Å²) in [6.45, 7) is 2.34. The van der Waals surface area contributed by atoms with Crippen LogP contribution in [-0.4, -0.2) is 42.3 Å². The fraction of sp³-hybridized carbons (Fsp3) is 0.444. The van der Waals surface area contributed by atoms with Gasteiger partial charge in [0, 0.05) is 18.5 Å². The second kappa shape index (κ2) is 10.7. The summed E-state index contributed by atoms with van der Waals surface area (Å²) < 4.78 is 5.57. The van der Waals surface area contributed by atoms with Crippen molar-refractivity contribution in [3.8, 4) is 11.1 Å². The fourth-order valence-corrected chi connectivity index (χ4v) is 4.85. The number of benzene rings is 2. The first-order valence-corrected chi connectivity index (χ1v) is 12.1. The van der Waals surface area contributed by atoms with E-state index in [4.69, 9.17) is 9.84 Å². The number of carboxylic acid groups (broad SMARTS) is 1. The molecule has 0 spiro atoms. The van der Waals surface area contributed by atoms with Crippen molar-refractivity contribution in [1.29, 1.82) is 0 Å². The predicted molar refractivity (Wildman–Crippen MR) is 128 cm³/mol. The third-order valence-corrected chi connectivity index (χ3v) is 6.76. The second-order valence-electron chi connectivity index (χ2n) is 9.24. The summed E-state index contributed by atoms with van der Waals surface area (Å²) in [5.74, 6) is -1.35. The molecule has 2 aromatic carbocycles. The number of hydrogen-bond acceptors (Lipinski definition) is 4. The van der Waals surface area contributed by atoms with Gasteiger partial charge in [-0.2, -0.15) is 0 Å². The highest BCUT2D eigenvalue weighted by Crippen LogP contribution is 2.44. The van der Waals surface area contributed by atoms with Crippen molar-refractivity contribution in [3.05, 3.63) is 59.7 Å². The van der Waals surface area contributed by atoms with Gasteiger partial charge in [-0.15, -0.1) is 0 Å². The van der Waals surface area contributed by atoms with Crippen LogP contribution in [0.3, 0.4) is 0 Å². The number of ether oxygens (including phenoxy) is 1. The van der Waals surface area contributed by atoms with E-state index in [1.807, 2.05) is 31.2 Å². The Balaban J connectivity index is 1.32. The van der Waals surface area contributed by atoms with Gasteiger partial charge >= 0.3 is 12.1 Å². The monoisotopic (exact) mass is 464 g/mol. The van der Waals surface area contributed by atoms with E-state index in [2.05, 4.69) is 34.9 Å². The molecule has 3 N–H and O–H groups in total. The van der Waals surface area contributed by atoms with Crippen molar-refractivity contribution >= 4 is 18.0 Å². The first kappa shape index (κ1) is 23.8. The Labute approximate surface area is 199 Å². The maximum absolute atomic E-state index is 12.8. The molecule has 0 heterocycles. The number of hydrogen-bond donors (Lipinski definition) is 3. The quantitative estimate of drug-likeness (QED) is 0.460. The lowest BCUT2D eigenvalue weighted by molar-refractivity contribution is -0.138. The highest BCUT2D eigenvalue weighted by molar-refractivity contribution is 5.81. The summed E-state index contributed by atoms with van der Waals surface area (Å²) in [7, 11) is 0. The largest absolute Gasteiger partial charge is 0.481 e. The van der Waals surface area contributed by atoms with E-state index in [9.17, 15) is 14.4 Å². The van der Waals surface area contributed by atoms with Gasteiger partial charge in [-0.05, 0) is 47.4 Å². The van der Waals surface area contributed by atoms with Crippen molar-refractivity contribution in [2.24, 2.45) is 11.8 Å². The third kappa shape index (κ3) is 5.58. The van der Waals surface area contributed by atoms with Gasteiger partial charge < -0.3 is 20.5 Å². The summed E-state index contributed by atoms with van der Waals surface area (Å²) in [5.41, 5.74) is 4.62. The van der Waals surface area contributed by atoms with Gasteiger partial charge in [0.15, 0.2) is 0 Å².